The summed E-state index contributed by atoms with van der Waals surface area (Å²) in [6.07, 6.45) is -0.356. The molecule has 0 aliphatic carbocycles. The first-order valence-electron chi connectivity index (χ1n) is 9.52. The van der Waals surface area contributed by atoms with E-state index in [1.807, 2.05) is 57.1 Å². The Morgan fingerprint density at radius 1 is 1.07 bits per heavy atom. The summed E-state index contributed by atoms with van der Waals surface area (Å²) in [7, 11) is 0.0695. The minimum atomic E-state index is -3.71. The first kappa shape index (κ1) is 21.3. The van der Waals surface area contributed by atoms with Crippen molar-refractivity contribution >= 4 is 27.3 Å². The summed E-state index contributed by atoms with van der Waals surface area (Å²) < 4.78 is 33.2. The molecule has 2 aromatic rings. The van der Waals surface area contributed by atoms with E-state index in [1.165, 1.54) is 16.4 Å². The van der Waals surface area contributed by atoms with Gasteiger partial charge in [-0.2, -0.15) is 4.31 Å². The number of anilines is 2. The Bertz CT molecular complexity index is 981. The first-order chi connectivity index (χ1) is 13.7. The molecule has 0 unspecified atom stereocenters. The number of rotatable bonds is 5. The summed E-state index contributed by atoms with van der Waals surface area (Å²) in [6.45, 7) is 4.28. The zero-order chi connectivity index (χ0) is 21.2. The zero-order valence-electron chi connectivity index (χ0n) is 17.1. The fourth-order valence-electron chi connectivity index (χ4n) is 3.44. The van der Waals surface area contributed by atoms with Crippen molar-refractivity contribution in [3.63, 3.8) is 0 Å². The molecule has 7 nitrogen and oxygen atoms in total. The maximum absolute atomic E-state index is 13.1. The highest BCUT2D eigenvalue weighted by Crippen LogP contribution is 2.25. The van der Waals surface area contributed by atoms with Crippen LogP contribution in [-0.4, -0.2) is 58.0 Å². The Kier molecular flexibility index (Phi) is 6.26. The highest BCUT2D eigenvalue weighted by Gasteiger charge is 2.32. The molecule has 29 heavy (non-hydrogen) atoms. The molecule has 1 aliphatic rings. The number of nitrogens with zero attached hydrogens (tertiary/aromatic N) is 2. The Balaban J connectivity index is 1.85. The predicted octanol–water partition coefficient (Wildman–Crippen LogP) is 2.80. The van der Waals surface area contributed by atoms with Gasteiger partial charge in [-0.3, -0.25) is 4.79 Å². The summed E-state index contributed by atoms with van der Waals surface area (Å²) in [5, 5.41) is 2.87. The van der Waals surface area contributed by atoms with Gasteiger partial charge in [0.05, 0.1) is 28.5 Å². The van der Waals surface area contributed by atoms with Crippen LogP contribution in [-0.2, 0) is 14.8 Å². The van der Waals surface area contributed by atoms with Crippen molar-refractivity contribution < 1.29 is 17.9 Å². The largest absolute Gasteiger partial charge is 0.376 e. The lowest BCUT2D eigenvalue weighted by atomic mass is 10.2. The fraction of sp³-hybridized carbons (Fsp3) is 0.381. The van der Waals surface area contributed by atoms with E-state index in [4.69, 9.17) is 4.74 Å². The smallest absolute Gasteiger partial charge is 0.255 e. The molecule has 1 fully saturated rings. The Labute approximate surface area is 172 Å². The number of hydrogen-bond donors (Lipinski definition) is 1. The van der Waals surface area contributed by atoms with Gasteiger partial charge in [-0.25, -0.2) is 8.42 Å². The van der Waals surface area contributed by atoms with Crippen molar-refractivity contribution in [3.8, 4) is 0 Å². The summed E-state index contributed by atoms with van der Waals surface area (Å²) in [4.78, 5) is 14.8. The molecular weight excluding hydrogens is 390 g/mol. The third-order valence-electron chi connectivity index (χ3n) is 4.75. The van der Waals surface area contributed by atoms with E-state index >= 15 is 0 Å². The summed E-state index contributed by atoms with van der Waals surface area (Å²) in [5.41, 5.74) is 1.81. The number of morpholine rings is 1. The van der Waals surface area contributed by atoms with E-state index in [0.29, 0.717) is 18.8 Å². The molecule has 0 spiro atoms. The van der Waals surface area contributed by atoms with Gasteiger partial charge in [0.2, 0.25) is 10.0 Å². The van der Waals surface area contributed by atoms with Crippen molar-refractivity contribution in [2.75, 3.05) is 37.4 Å². The molecule has 0 radical (unpaired) electrons. The van der Waals surface area contributed by atoms with Crippen molar-refractivity contribution in [2.24, 2.45) is 0 Å². The van der Waals surface area contributed by atoms with Gasteiger partial charge in [0.1, 0.15) is 0 Å². The Hall–Kier alpha value is -2.42. The predicted molar refractivity (Wildman–Crippen MR) is 114 cm³/mol. The second-order valence-corrected chi connectivity index (χ2v) is 9.41. The van der Waals surface area contributed by atoms with E-state index in [-0.39, 0.29) is 28.6 Å². The molecule has 1 aliphatic heterocycles. The molecule has 156 valence electrons. The average molecular weight is 418 g/mol. The lowest BCUT2D eigenvalue weighted by Crippen LogP contribution is -2.48. The second kappa shape index (κ2) is 8.52. The first-order valence-corrected chi connectivity index (χ1v) is 11.0. The SMILES string of the molecule is C[C@@H]1CN(S(=O)(=O)c2cccc(C(=O)Nc3ccccc3N(C)C)c2)C[C@H](C)O1. The molecule has 1 amide bonds. The number of para-hydroxylation sites is 2. The van der Waals surface area contributed by atoms with Crippen molar-refractivity contribution in [1.29, 1.82) is 0 Å². The van der Waals surface area contributed by atoms with E-state index < -0.39 is 10.0 Å². The third kappa shape index (κ3) is 4.77. The molecule has 3 rings (SSSR count). The maximum atomic E-state index is 13.1. The second-order valence-electron chi connectivity index (χ2n) is 7.47. The molecule has 0 aromatic heterocycles. The number of hydrogen-bond acceptors (Lipinski definition) is 5. The minimum Gasteiger partial charge on any atom is -0.376 e. The standard InChI is InChI=1S/C21H27N3O4S/c1-15-13-24(14-16(2)28-15)29(26,27)18-9-7-8-17(12-18)21(25)22-19-10-5-6-11-20(19)23(3)4/h5-12,15-16H,13-14H2,1-4H3,(H,22,25)/t15-,16+. The van der Waals surface area contributed by atoms with Crippen LogP contribution in [0.2, 0.25) is 0 Å². The Morgan fingerprint density at radius 2 is 1.72 bits per heavy atom. The van der Waals surface area contributed by atoms with Crippen LogP contribution >= 0.6 is 0 Å². The molecule has 1 saturated heterocycles. The monoisotopic (exact) mass is 417 g/mol. The van der Waals surface area contributed by atoms with E-state index in [9.17, 15) is 13.2 Å². The van der Waals surface area contributed by atoms with Crippen LogP contribution < -0.4 is 10.2 Å². The maximum Gasteiger partial charge on any atom is 0.255 e. The van der Waals surface area contributed by atoms with Gasteiger partial charge in [0.25, 0.3) is 5.91 Å². The number of benzene rings is 2. The van der Waals surface area contributed by atoms with Gasteiger partial charge < -0.3 is 15.0 Å². The van der Waals surface area contributed by atoms with Gasteiger partial charge in [0.15, 0.2) is 0 Å². The molecule has 0 bridgehead atoms. The highest BCUT2D eigenvalue weighted by molar-refractivity contribution is 7.89. The van der Waals surface area contributed by atoms with Crippen LogP contribution in [0.3, 0.4) is 0 Å². The van der Waals surface area contributed by atoms with Crippen LogP contribution in [0.5, 0.6) is 0 Å². The van der Waals surface area contributed by atoms with Gasteiger partial charge in [-0.05, 0) is 44.2 Å². The summed E-state index contributed by atoms with van der Waals surface area (Å²) in [5.74, 6) is -0.361. The molecule has 8 heteroatoms. The molecule has 0 saturated carbocycles. The van der Waals surface area contributed by atoms with Crippen molar-refractivity contribution in [3.05, 3.63) is 54.1 Å². The zero-order valence-corrected chi connectivity index (χ0v) is 17.9. The number of sulfonamides is 1. The fourth-order valence-corrected chi connectivity index (χ4v) is 5.07. The lowest BCUT2D eigenvalue weighted by molar-refractivity contribution is -0.0440. The lowest BCUT2D eigenvalue weighted by Gasteiger charge is -2.34. The van der Waals surface area contributed by atoms with Crippen LogP contribution in [0.15, 0.2) is 53.4 Å². The van der Waals surface area contributed by atoms with Crippen LogP contribution in [0.1, 0.15) is 24.2 Å². The molecule has 2 aromatic carbocycles. The van der Waals surface area contributed by atoms with Crippen LogP contribution in [0.25, 0.3) is 0 Å². The topological polar surface area (TPSA) is 79.0 Å². The summed E-state index contributed by atoms with van der Waals surface area (Å²) >= 11 is 0. The normalized spacial score (nSPS) is 20.3. The quantitative estimate of drug-likeness (QED) is 0.809. The number of carbonyl (C=O) groups excluding carboxylic acids is 1. The third-order valence-corrected chi connectivity index (χ3v) is 6.58. The molecule has 2 atom stereocenters. The highest BCUT2D eigenvalue weighted by atomic mass is 32.2. The van der Waals surface area contributed by atoms with Gasteiger partial charge in [-0.15, -0.1) is 0 Å². The van der Waals surface area contributed by atoms with E-state index in [1.54, 1.807) is 12.1 Å². The average Bonchev–Trinajstić information content (AvgIpc) is 2.67. The van der Waals surface area contributed by atoms with Gasteiger partial charge in [-0.1, -0.05) is 18.2 Å². The number of ether oxygens (including phenoxy) is 1. The summed E-state index contributed by atoms with van der Waals surface area (Å²) in [6, 6.07) is 13.6. The minimum absolute atomic E-state index is 0.104. The molecular formula is C21H27N3O4S. The van der Waals surface area contributed by atoms with Crippen molar-refractivity contribution in [1.82, 2.24) is 4.31 Å². The van der Waals surface area contributed by atoms with Gasteiger partial charge in [0, 0.05) is 32.7 Å². The number of amides is 1. The van der Waals surface area contributed by atoms with Crippen LogP contribution in [0, 0.1) is 0 Å². The van der Waals surface area contributed by atoms with Gasteiger partial charge >= 0.3 is 0 Å². The molecule has 1 heterocycles. The molecule has 1 N–H and O–H groups in total. The van der Waals surface area contributed by atoms with Crippen LogP contribution in [0.4, 0.5) is 11.4 Å². The van der Waals surface area contributed by atoms with E-state index in [2.05, 4.69) is 5.32 Å². The Morgan fingerprint density at radius 3 is 2.38 bits per heavy atom. The number of carbonyl (C=O) groups is 1. The van der Waals surface area contributed by atoms with E-state index in [0.717, 1.165) is 5.69 Å². The number of nitrogens with one attached hydrogen (secondary N) is 1. The van der Waals surface area contributed by atoms with Crippen molar-refractivity contribution in [2.45, 2.75) is 31.0 Å².